The fourth-order valence-electron chi connectivity index (χ4n) is 2.81. The van der Waals surface area contributed by atoms with E-state index in [1.54, 1.807) is 11.5 Å². The molecule has 0 N–H and O–H groups in total. The van der Waals surface area contributed by atoms with E-state index in [4.69, 9.17) is 11.6 Å². The van der Waals surface area contributed by atoms with Gasteiger partial charge < -0.3 is 4.57 Å². The molecule has 0 atom stereocenters. The molecule has 1 aromatic heterocycles. The van der Waals surface area contributed by atoms with Crippen LogP contribution in [0.4, 0.5) is 18.9 Å². The number of fused-ring (bicyclic) bond motifs is 1. The molecule has 0 fully saturated rings. The third-order valence-electron chi connectivity index (χ3n) is 3.86. The molecule has 0 bridgehead atoms. The Morgan fingerprint density at radius 1 is 1.39 bits per heavy atom. The normalized spacial score (nSPS) is 12.3. The van der Waals surface area contributed by atoms with E-state index in [-0.39, 0.29) is 17.1 Å². The van der Waals surface area contributed by atoms with Crippen molar-refractivity contribution in [2.75, 3.05) is 0 Å². The van der Waals surface area contributed by atoms with Crippen molar-refractivity contribution in [3.63, 3.8) is 0 Å². The lowest BCUT2D eigenvalue weighted by Crippen LogP contribution is -2.11. The molecule has 0 unspecified atom stereocenters. The first kappa shape index (κ1) is 17.5. The van der Waals surface area contributed by atoms with E-state index in [9.17, 15) is 23.3 Å². The highest BCUT2D eigenvalue weighted by molar-refractivity contribution is 6.34. The summed E-state index contributed by atoms with van der Waals surface area (Å²) in [4.78, 5) is 14.6. The summed E-state index contributed by atoms with van der Waals surface area (Å²) in [5.41, 5.74) is -2.02. The predicted octanol–water partition coefficient (Wildman–Crippen LogP) is 5.29. The SMILES string of the molecule is CCC(CC)n1c(C)nc2cc(C(F)(F)F)c(Cl)c([N+](=O)[O-])c21. The van der Waals surface area contributed by atoms with Crippen molar-refractivity contribution in [3.8, 4) is 0 Å². The zero-order valence-corrected chi connectivity index (χ0v) is 13.5. The first-order chi connectivity index (χ1) is 10.6. The van der Waals surface area contributed by atoms with Gasteiger partial charge in [-0.25, -0.2) is 4.98 Å². The quantitative estimate of drug-likeness (QED) is 0.556. The summed E-state index contributed by atoms with van der Waals surface area (Å²) in [7, 11) is 0. The average Bonchev–Trinajstić information content (AvgIpc) is 2.75. The van der Waals surface area contributed by atoms with E-state index >= 15 is 0 Å². The first-order valence-electron chi connectivity index (χ1n) is 7.06. The summed E-state index contributed by atoms with van der Waals surface area (Å²) in [5.74, 6) is 0.423. The van der Waals surface area contributed by atoms with Crippen LogP contribution in [-0.2, 0) is 6.18 Å². The van der Waals surface area contributed by atoms with Gasteiger partial charge in [-0.1, -0.05) is 25.4 Å². The minimum atomic E-state index is -4.79. The van der Waals surface area contributed by atoms with Crippen molar-refractivity contribution in [1.29, 1.82) is 0 Å². The number of nitro benzene ring substituents is 1. The topological polar surface area (TPSA) is 61.0 Å². The number of hydrogen-bond acceptors (Lipinski definition) is 3. The molecule has 126 valence electrons. The van der Waals surface area contributed by atoms with Gasteiger partial charge in [0.1, 0.15) is 16.4 Å². The fraction of sp³-hybridized carbons (Fsp3) is 0.500. The Morgan fingerprint density at radius 2 is 1.96 bits per heavy atom. The van der Waals surface area contributed by atoms with Crippen LogP contribution in [0.3, 0.4) is 0 Å². The molecule has 0 aliphatic rings. The minimum Gasteiger partial charge on any atom is -0.319 e. The Labute approximate surface area is 135 Å². The van der Waals surface area contributed by atoms with Gasteiger partial charge in [0.05, 0.1) is 16.0 Å². The Balaban J connectivity index is 2.97. The van der Waals surface area contributed by atoms with Crippen molar-refractivity contribution in [3.05, 3.63) is 32.6 Å². The molecule has 5 nitrogen and oxygen atoms in total. The number of rotatable bonds is 4. The molecule has 0 aliphatic heterocycles. The summed E-state index contributed by atoms with van der Waals surface area (Å²) >= 11 is 5.74. The summed E-state index contributed by atoms with van der Waals surface area (Å²) in [6.07, 6.45) is -3.46. The minimum absolute atomic E-state index is 0.0409. The number of benzene rings is 1. The molecule has 1 heterocycles. The van der Waals surface area contributed by atoms with Crippen molar-refractivity contribution < 1.29 is 18.1 Å². The van der Waals surface area contributed by atoms with Gasteiger partial charge >= 0.3 is 11.9 Å². The lowest BCUT2D eigenvalue weighted by atomic mass is 10.1. The predicted molar refractivity (Wildman–Crippen MR) is 80.8 cm³/mol. The van der Waals surface area contributed by atoms with Crippen LogP contribution in [0.2, 0.25) is 5.02 Å². The Hall–Kier alpha value is -1.83. The number of nitrogens with zero attached hydrogens (tertiary/aromatic N) is 3. The number of aryl methyl sites for hydroxylation is 1. The van der Waals surface area contributed by atoms with Crippen LogP contribution in [0.25, 0.3) is 11.0 Å². The fourth-order valence-corrected chi connectivity index (χ4v) is 3.13. The van der Waals surface area contributed by atoms with E-state index in [0.717, 1.165) is 6.07 Å². The number of nitro groups is 1. The number of hydrogen-bond donors (Lipinski definition) is 0. The van der Waals surface area contributed by atoms with Crippen LogP contribution >= 0.6 is 11.6 Å². The van der Waals surface area contributed by atoms with Gasteiger partial charge in [0.2, 0.25) is 0 Å². The summed E-state index contributed by atoms with van der Waals surface area (Å²) < 4.78 is 40.8. The monoisotopic (exact) mass is 349 g/mol. The number of alkyl halides is 3. The highest BCUT2D eigenvalue weighted by atomic mass is 35.5. The molecule has 0 spiro atoms. The molecular formula is C14H15ClF3N3O2. The molecule has 0 saturated carbocycles. The van der Waals surface area contributed by atoms with Gasteiger partial charge in [-0.3, -0.25) is 10.1 Å². The van der Waals surface area contributed by atoms with Crippen molar-refractivity contribution in [2.45, 2.75) is 45.8 Å². The molecule has 0 amide bonds. The molecule has 2 aromatic rings. The van der Waals surface area contributed by atoms with Crippen LogP contribution in [0, 0.1) is 17.0 Å². The molecule has 0 radical (unpaired) electrons. The second-order valence-electron chi connectivity index (χ2n) is 5.21. The molecule has 0 saturated heterocycles. The molecule has 0 aliphatic carbocycles. The second-order valence-corrected chi connectivity index (χ2v) is 5.59. The number of imidazole rings is 1. The summed E-state index contributed by atoms with van der Waals surface area (Å²) in [5, 5.41) is 10.5. The van der Waals surface area contributed by atoms with E-state index in [2.05, 4.69) is 4.98 Å². The Morgan fingerprint density at radius 3 is 2.39 bits per heavy atom. The van der Waals surface area contributed by atoms with Gasteiger partial charge in [0.25, 0.3) is 0 Å². The van der Waals surface area contributed by atoms with E-state index in [1.807, 2.05) is 13.8 Å². The molecular weight excluding hydrogens is 335 g/mol. The lowest BCUT2D eigenvalue weighted by molar-refractivity contribution is -0.383. The highest BCUT2D eigenvalue weighted by Crippen LogP contribution is 2.44. The van der Waals surface area contributed by atoms with E-state index in [0.29, 0.717) is 18.7 Å². The maximum atomic E-state index is 13.1. The van der Waals surface area contributed by atoms with Gasteiger partial charge in [-0.15, -0.1) is 0 Å². The maximum Gasteiger partial charge on any atom is 0.418 e. The first-order valence-corrected chi connectivity index (χ1v) is 7.43. The van der Waals surface area contributed by atoms with E-state index in [1.165, 1.54) is 0 Å². The highest BCUT2D eigenvalue weighted by Gasteiger charge is 2.39. The van der Waals surface area contributed by atoms with Gasteiger partial charge in [0.15, 0.2) is 0 Å². The third-order valence-corrected chi connectivity index (χ3v) is 4.24. The largest absolute Gasteiger partial charge is 0.418 e. The summed E-state index contributed by atoms with van der Waals surface area (Å²) in [6, 6.07) is 0.669. The Bertz CT molecular complexity index is 767. The third kappa shape index (κ3) is 2.87. The molecule has 2 rings (SSSR count). The Kier molecular flexibility index (Phi) is 4.57. The maximum absolute atomic E-state index is 13.1. The van der Waals surface area contributed by atoms with Crippen LogP contribution < -0.4 is 0 Å². The summed E-state index contributed by atoms with van der Waals surface area (Å²) in [6.45, 7) is 5.41. The zero-order valence-electron chi connectivity index (χ0n) is 12.7. The average molecular weight is 350 g/mol. The lowest BCUT2D eigenvalue weighted by Gasteiger charge is -2.18. The van der Waals surface area contributed by atoms with Crippen molar-refractivity contribution in [2.24, 2.45) is 0 Å². The van der Waals surface area contributed by atoms with Gasteiger partial charge in [0, 0.05) is 6.04 Å². The second kappa shape index (κ2) is 5.99. The van der Waals surface area contributed by atoms with Crippen LogP contribution in [0.5, 0.6) is 0 Å². The standard InChI is InChI=1S/C14H15ClF3N3O2/c1-4-8(5-2)20-7(3)19-10-6-9(14(16,17)18)11(15)13(12(10)20)21(22)23/h6,8H,4-5H2,1-3H3. The molecule has 23 heavy (non-hydrogen) atoms. The molecule has 1 aromatic carbocycles. The number of halogens is 4. The molecule has 9 heteroatoms. The van der Waals surface area contributed by atoms with Crippen LogP contribution in [0.15, 0.2) is 6.07 Å². The van der Waals surface area contributed by atoms with Crippen molar-refractivity contribution in [1.82, 2.24) is 9.55 Å². The van der Waals surface area contributed by atoms with Crippen LogP contribution in [0.1, 0.15) is 44.1 Å². The smallest absolute Gasteiger partial charge is 0.319 e. The van der Waals surface area contributed by atoms with Gasteiger partial charge in [-0.05, 0) is 25.8 Å². The van der Waals surface area contributed by atoms with Crippen LogP contribution in [-0.4, -0.2) is 14.5 Å². The van der Waals surface area contributed by atoms with Crippen molar-refractivity contribution >= 4 is 28.3 Å². The van der Waals surface area contributed by atoms with E-state index < -0.39 is 27.4 Å². The number of aromatic nitrogens is 2. The zero-order chi connectivity index (χ0) is 17.5. The van der Waals surface area contributed by atoms with Gasteiger partial charge in [-0.2, -0.15) is 13.2 Å².